The first-order chi connectivity index (χ1) is 16.8. The second-order valence-corrected chi connectivity index (χ2v) is 7.91. The van der Waals surface area contributed by atoms with Crippen molar-refractivity contribution in [2.24, 2.45) is 0 Å². The summed E-state index contributed by atoms with van der Waals surface area (Å²) in [4.78, 5) is 15.8. The Balaban J connectivity index is 1.83. The molecule has 2 aromatic carbocycles. The average Bonchev–Trinajstić information content (AvgIpc) is 2.84. The van der Waals surface area contributed by atoms with Gasteiger partial charge in [0.15, 0.2) is 0 Å². The third kappa shape index (κ3) is 7.88. The van der Waals surface area contributed by atoms with Gasteiger partial charge in [-0.15, -0.1) is 0 Å². The van der Waals surface area contributed by atoms with Crippen LogP contribution in [0.2, 0.25) is 0 Å². The van der Waals surface area contributed by atoms with Crippen molar-refractivity contribution in [2.75, 3.05) is 0 Å². The molecule has 0 fully saturated rings. The lowest BCUT2D eigenvalue weighted by molar-refractivity contribution is -0.137. The van der Waals surface area contributed by atoms with Crippen molar-refractivity contribution in [3.63, 3.8) is 0 Å². The van der Waals surface area contributed by atoms with Crippen LogP contribution < -0.4 is 9.47 Å². The van der Waals surface area contributed by atoms with Crippen LogP contribution in [0.4, 0.5) is 13.2 Å². The van der Waals surface area contributed by atoms with E-state index in [1.165, 1.54) is 12.1 Å². The van der Waals surface area contributed by atoms with E-state index in [-0.39, 0.29) is 18.8 Å². The molecule has 0 spiro atoms. The van der Waals surface area contributed by atoms with E-state index >= 15 is 0 Å². The molecule has 3 rings (SSSR count). The number of ether oxygens (including phenoxy) is 2. The number of hydrogen-bond donors (Lipinski definition) is 1. The number of rotatable bonds is 11. The van der Waals surface area contributed by atoms with Crippen molar-refractivity contribution < 1.29 is 32.5 Å². The molecule has 0 saturated heterocycles. The maximum atomic E-state index is 12.8. The van der Waals surface area contributed by atoms with Gasteiger partial charge in [0.2, 0.25) is 0 Å². The molecule has 0 unspecified atom stereocenters. The second kappa shape index (κ2) is 12.1. The molecule has 1 N–H and O–H groups in total. The van der Waals surface area contributed by atoms with E-state index in [4.69, 9.17) is 9.47 Å². The topological polar surface area (TPSA) is 68.7 Å². The standard InChI is InChI=1S/C27H26F3NO4/c1-2-3-6-21(26(32)33)14-22-15-24(34-18-20-5-4-13-31-16-20)11-12-25(22)35-17-19-7-9-23(10-8-19)27(28,29)30/h4-5,7-16H,2-3,6,17-18H2,1H3,(H,32,33)/b21-14+. The Bertz CT molecular complexity index is 1140. The minimum Gasteiger partial charge on any atom is -0.489 e. The zero-order valence-electron chi connectivity index (χ0n) is 19.2. The molecule has 0 bridgehead atoms. The summed E-state index contributed by atoms with van der Waals surface area (Å²) >= 11 is 0. The molecule has 0 amide bonds. The van der Waals surface area contributed by atoms with Gasteiger partial charge in [0.05, 0.1) is 5.56 Å². The fourth-order valence-corrected chi connectivity index (χ4v) is 3.26. The summed E-state index contributed by atoms with van der Waals surface area (Å²) in [7, 11) is 0. The average molecular weight is 486 g/mol. The van der Waals surface area contributed by atoms with Gasteiger partial charge < -0.3 is 14.6 Å². The van der Waals surface area contributed by atoms with Gasteiger partial charge >= 0.3 is 12.1 Å². The smallest absolute Gasteiger partial charge is 0.416 e. The normalized spacial score (nSPS) is 11.8. The summed E-state index contributed by atoms with van der Waals surface area (Å²) < 4.78 is 50.1. The first-order valence-electron chi connectivity index (χ1n) is 11.1. The third-order valence-electron chi connectivity index (χ3n) is 5.19. The van der Waals surface area contributed by atoms with Crippen LogP contribution in [0.3, 0.4) is 0 Å². The Labute approximate surface area is 201 Å². The van der Waals surface area contributed by atoms with Gasteiger partial charge in [-0.25, -0.2) is 4.79 Å². The Hall–Kier alpha value is -3.81. The molecule has 35 heavy (non-hydrogen) atoms. The molecule has 184 valence electrons. The van der Waals surface area contributed by atoms with Gasteiger partial charge in [0.25, 0.3) is 0 Å². The molecule has 8 heteroatoms. The molecule has 0 aliphatic heterocycles. The summed E-state index contributed by atoms with van der Waals surface area (Å²) in [5.41, 5.74) is 1.43. The monoisotopic (exact) mass is 485 g/mol. The highest BCUT2D eigenvalue weighted by atomic mass is 19.4. The first kappa shape index (κ1) is 25.8. The van der Waals surface area contributed by atoms with E-state index in [9.17, 15) is 23.1 Å². The van der Waals surface area contributed by atoms with E-state index in [0.717, 1.165) is 30.5 Å². The lowest BCUT2D eigenvalue weighted by atomic mass is 10.0. The molecular weight excluding hydrogens is 459 g/mol. The van der Waals surface area contributed by atoms with Crippen LogP contribution >= 0.6 is 0 Å². The third-order valence-corrected chi connectivity index (χ3v) is 5.19. The fourth-order valence-electron chi connectivity index (χ4n) is 3.26. The van der Waals surface area contributed by atoms with Crippen molar-refractivity contribution in [2.45, 2.75) is 45.6 Å². The Morgan fingerprint density at radius 3 is 2.40 bits per heavy atom. The van der Waals surface area contributed by atoms with Crippen LogP contribution in [0.25, 0.3) is 6.08 Å². The lowest BCUT2D eigenvalue weighted by Crippen LogP contribution is -2.05. The quantitative estimate of drug-likeness (QED) is 0.299. The summed E-state index contributed by atoms with van der Waals surface area (Å²) in [5.74, 6) is -0.107. The molecule has 0 saturated carbocycles. The highest BCUT2D eigenvalue weighted by Gasteiger charge is 2.29. The molecule has 1 aromatic heterocycles. The van der Waals surface area contributed by atoms with Crippen molar-refractivity contribution >= 4 is 12.0 Å². The van der Waals surface area contributed by atoms with E-state index in [1.54, 1.807) is 42.7 Å². The number of alkyl halides is 3. The van der Waals surface area contributed by atoms with Crippen LogP contribution in [0.5, 0.6) is 11.5 Å². The van der Waals surface area contributed by atoms with Crippen molar-refractivity contribution in [1.82, 2.24) is 4.98 Å². The molecular formula is C27H26F3NO4. The number of nitrogens with zero attached hydrogens (tertiary/aromatic N) is 1. The minimum atomic E-state index is -4.41. The number of halogens is 3. The fraction of sp³-hybridized carbons (Fsp3) is 0.259. The lowest BCUT2D eigenvalue weighted by Gasteiger charge is -2.14. The van der Waals surface area contributed by atoms with E-state index in [1.807, 2.05) is 13.0 Å². The number of pyridine rings is 1. The largest absolute Gasteiger partial charge is 0.489 e. The maximum absolute atomic E-state index is 12.8. The van der Waals surface area contributed by atoms with Crippen LogP contribution in [0, 0.1) is 0 Å². The predicted molar refractivity (Wildman–Crippen MR) is 126 cm³/mol. The number of aliphatic carboxylic acids is 1. The van der Waals surface area contributed by atoms with Gasteiger partial charge in [0, 0.05) is 29.1 Å². The first-order valence-corrected chi connectivity index (χ1v) is 11.1. The Morgan fingerprint density at radius 1 is 1.03 bits per heavy atom. The highest BCUT2D eigenvalue weighted by Crippen LogP contribution is 2.31. The molecule has 0 aliphatic carbocycles. The number of hydrogen-bond acceptors (Lipinski definition) is 4. The van der Waals surface area contributed by atoms with Crippen LogP contribution in [-0.4, -0.2) is 16.1 Å². The predicted octanol–water partition coefficient (Wildman–Crippen LogP) is 6.92. The number of aromatic nitrogens is 1. The molecule has 0 aliphatic rings. The van der Waals surface area contributed by atoms with Gasteiger partial charge in [-0.1, -0.05) is 31.5 Å². The number of carboxylic acids is 1. The molecule has 0 radical (unpaired) electrons. The van der Waals surface area contributed by atoms with Crippen LogP contribution in [-0.2, 0) is 24.2 Å². The summed E-state index contributed by atoms with van der Waals surface area (Å²) in [5, 5.41) is 9.63. The Kier molecular flexibility index (Phi) is 8.89. The number of benzene rings is 2. The zero-order valence-corrected chi connectivity index (χ0v) is 19.2. The van der Waals surface area contributed by atoms with E-state index in [2.05, 4.69) is 4.98 Å². The Morgan fingerprint density at radius 2 is 1.77 bits per heavy atom. The maximum Gasteiger partial charge on any atom is 0.416 e. The molecule has 0 atom stereocenters. The number of unbranched alkanes of at least 4 members (excludes halogenated alkanes) is 1. The van der Waals surface area contributed by atoms with Crippen molar-refractivity contribution in [1.29, 1.82) is 0 Å². The van der Waals surface area contributed by atoms with Gasteiger partial charge in [0.1, 0.15) is 24.7 Å². The van der Waals surface area contributed by atoms with Crippen LogP contribution in [0.15, 0.2) is 72.6 Å². The van der Waals surface area contributed by atoms with Gasteiger partial charge in [-0.2, -0.15) is 13.2 Å². The summed E-state index contributed by atoms with van der Waals surface area (Å²) in [6.07, 6.45) is 2.46. The van der Waals surface area contributed by atoms with Crippen LogP contribution in [0.1, 0.15) is 48.4 Å². The van der Waals surface area contributed by atoms with Gasteiger partial charge in [-0.3, -0.25) is 4.98 Å². The van der Waals surface area contributed by atoms with E-state index < -0.39 is 17.7 Å². The number of carbonyl (C=O) groups is 1. The van der Waals surface area contributed by atoms with E-state index in [0.29, 0.717) is 29.0 Å². The molecule has 3 aromatic rings. The highest BCUT2D eigenvalue weighted by molar-refractivity contribution is 5.92. The zero-order chi connectivity index (χ0) is 25.3. The van der Waals surface area contributed by atoms with Gasteiger partial charge in [-0.05, 0) is 60.9 Å². The second-order valence-electron chi connectivity index (χ2n) is 7.91. The van der Waals surface area contributed by atoms with Crippen molar-refractivity contribution in [3.05, 3.63) is 94.8 Å². The summed E-state index contributed by atoms with van der Waals surface area (Å²) in [6.45, 7) is 2.28. The summed E-state index contributed by atoms with van der Waals surface area (Å²) in [6, 6.07) is 13.4. The van der Waals surface area contributed by atoms with Crippen molar-refractivity contribution in [3.8, 4) is 11.5 Å². The molecule has 1 heterocycles. The number of carboxylic acid groups (broad SMARTS) is 1. The minimum absolute atomic E-state index is 0.0201. The SMILES string of the molecule is CCCC/C(=C\c1cc(OCc2cccnc2)ccc1OCc1ccc(C(F)(F)F)cc1)C(=O)O. The molecule has 5 nitrogen and oxygen atoms in total.